The summed E-state index contributed by atoms with van der Waals surface area (Å²) in [5.41, 5.74) is 4.06. The normalized spacial score (nSPS) is 10.7. The molecule has 5 rings (SSSR count). The van der Waals surface area contributed by atoms with Gasteiger partial charge < -0.3 is 10.6 Å². The lowest BCUT2D eigenvalue weighted by atomic mass is 10.1. The van der Waals surface area contributed by atoms with Gasteiger partial charge in [0, 0.05) is 24.0 Å². The molecule has 2 heterocycles. The van der Waals surface area contributed by atoms with Crippen molar-refractivity contribution in [2.75, 3.05) is 10.6 Å². The summed E-state index contributed by atoms with van der Waals surface area (Å²) in [5.74, 6) is 0. The van der Waals surface area contributed by atoms with E-state index in [4.69, 9.17) is 0 Å². The lowest BCUT2D eigenvalue weighted by molar-refractivity contribution is 0.262. The number of carbonyl (C=O) groups is 1. The second-order valence-corrected chi connectivity index (χ2v) is 7.70. The van der Waals surface area contributed by atoms with Crippen LogP contribution in [0, 0.1) is 0 Å². The topological polar surface area (TPSA) is 88.9 Å². The zero-order chi connectivity index (χ0) is 23.3. The van der Waals surface area contributed by atoms with Crippen LogP contribution in [-0.4, -0.2) is 20.6 Å². The number of hydrogen-bond donors (Lipinski definition) is 2. The van der Waals surface area contributed by atoms with Crippen molar-refractivity contribution in [2.45, 2.75) is 6.42 Å². The first-order valence-electron chi connectivity index (χ1n) is 10.8. The highest BCUT2D eigenvalue weighted by molar-refractivity contribution is 5.99. The summed E-state index contributed by atoms with van der Waals surface area (Å²) in [6.07, 6.45) is 2.04. The maximum Gasteiger partial charge on any atom is 0.323 e. The van der Waals surface area contributed by atoms with E-state index in [2.05, 4.69) is 20.6 Å². The van der Waals surface area contributed by atoms with Crippen molar-refractivity contribution in [3.05, 3.63) is 125 Å². The van der Waals surface area contributed by atoms with E-state index in [0.29, 0.717) is 40.3 Å². The molecular weight excluding hydrogens is 426 g/mol. The number of anilines is 2. The van der Waals surface area contributed by atoms with Gasteiger partial charge in [0.15, 0.2) is 5.65 Å². The summed E-state index contributed by atoms with van der Waals surface area (Å²) in [7, 11) is 0. The van der Waals surface area contributed by atoms with E-state index < -0.39 is 0 Å². The van der Waals surface area contributed by atoms with E-state index in [1.165, 1.54) is 0 Å². The molecular formula is C27H21N5O2. The summed E-state index contributed by atoms with van der Waals surface area (Å²) < 4.78 is 1.54. The predicted molar refractivity (Wildman–Crippen MR) is 133 cm³/mol. The fourth-order valence-electron chi connectivity index (χ4n) is 3.75. The smallest absolute Gasteiger partial charge is 0.308 e. The average Bonchev–Trinajstić information content (AvgIpc) is 2.86. The number of fused-ring (bicyclic) bond motifs is 1. The molecule has 0 saturated heterocycles. The molecule has 0 aliphatic rings. The van der Waals surface area contributed by atoms with Crippen molar-refractivity contribution in [1.82, 2.24) is 14.5 Å². The molecule has 0 radical (unpaired) electrons. The standard InChI is InChI=1S/C27H21N5O2/c33-26-24(17-19-9-3-1-4-10-19)31-23-15-8-16-28-25(23)32(26)22-14-7-13-21(18-22)30-27(34)29-20-11-5-2-6-12-20/h1-16,18H,17H2,(H2,29,30,34). The molecule has 0 spiro atoms. The number of hydrogen-bond acceptors (Lipinski definition) is 4. The number of pyridine rings is 1. The van der Waals surface area contributed by atoms with E-state index >= 15 is 0 Å². The van der Waals surface area contributed by atoms with Crippen LogP contribution < -0.4 is 16.2 Å². The Morgan fingerprint density at radius 2 is 1.50 bits per heavy atom. The molecule has 2 N–H and O–H groups in total. The molecule has 0 aliphatic carbocycles. The quantitative estimate of drug-likeness (QED) is 0.396. The third kappa shape index (κ3) is 4.54. The van der Waals surface area contributed by atoms with Crippen LogP contribution in [0.15, 0.2) is 108 Å². The summed E-state index contributed by atoms with van der Waals surface area (Å²) >= 11 is 0. The van der Waals surface area contributed by atoms with Gasteiger partial charge in [-0.2, -0.15) is 0 Å². The van der Waals surface area contributed by atoms with Gasteiger partial charge in [0.05, 0.1) is 5.69 Å². The molecule has 2 aromatic heterocycles. The molecule has 34 heavy (non-hydrogen) atoms. The Labute approximate surface area is 195 Å². The van der Waals surface area contributed by atoms with Crippen molar-refractivity contribution in [3.8, 4) is 5.69 Å². The Hall–Kier alpha value is -4.78. The average molecular weight is 447 g/mol. The number of aromatic nitrogens is 3. The second-order valence-electron chi connectivity index (χ2n) is 7.70. The number of benzene rings is 3. The van der Waals surface area contributed by atoms with Crippen LogP contribution in [0.25, 0.3) is 16.9 Å². The largest absolute Gasteiger partial charge is 0.323 e. The third-order valence-electron chi connectivity index (χ3n) is 5.29. The number of carbonyl (C=O) groups excluding carboxylic acids is 1. The Kier molecular flexibility index (Phi) is 5.82. The van der Waals surface area contributed by atoms with Crippen LogP contribution in [0.1, 0.15) is 11.3 Å². The molecule has 2 amide bonds. The monoisotopic (exact) mass is 447 g/mol. The van der Waals surface area contributed by atoms with Crippen molar-refractivity contribution >= 4 is 28.6 Å². The molecule has 7 heteroatoms. The predicted octanol–water partition coefficient (Wildman–Crippen LogP) is 5.02. The number of para-hydroxylation sites is 1. The molecule has 0 aliphatic heterocycles. The van der Waals surface area contributed by atoms with Crippen LogP contribution in [-0.2, 0) is 6.42 Å². The first-order chi connectivity index (χ1) is 16.7. The zero-order valence-electron chi connectivity index (χ0n) is 18.2. The molecule has 5 aromatic rings. The number of rotatable bonds is 5. The molecule has 0 fully saturated rings. The molecule has 0 atom stereocenters. The van der Waals surface area contributed by atoms with Gasteiger partial charge >= 0.3 is 6.03 Å². The fourth-order valence-corrected chi connectivity index (χ4v) is 3.75. The van der Waals surface area contributed by atoms with Gasteiger partial charge in [-0.25, -0.2) is 14.8 Å². The van der Waals surface area contributed by atoms with Crippen LogP contribution in [0.5, 0.6) is 0 Å². The SMILES string of the molecule is O=C(Nc1ccccc1)Nc1cccc(-n2c(=O)c(Cc3ccccc3)nc3cccnc32)c1. The van der Waals surface area contributed by atoms with E-state index in [0.717, 1.165) is 5.56 Å². The highest BCUT2D eigenvalue weighted by atomic mass is 16.2. The van der Waals surface area contributed by atoms with E-state index in [9.17, 15) is 9.59 Å². The van der Waals surface area contributed by atoms with Gasteiger partial charge in [0.2, 0.25) is 0 Å². The summed E-state index contributed by atoms with van der Waals surface area (Å²) in [6, 6.07) is 29.3. The zero-order valence-corrected chi connectivity index (χ0v) is 18.2. The molecule has 0 saturated carbocycles. The summed E-state index contributed by atoms with van der Waals surface area (Å²) in [5, 5.41) is 5.61. The van der Waals surface area contributed by atoms with Gasteiger partial charge in [-0.3, -0.25) is 9.36 Å². The fraction of sp³-hybridized carbons (Fsp3) is 0.0370. The van der Waals surface area contributed by atoms with Crippen LogP contribution >= 0.6 is 0 Å². The van der Waals surface area contributed by atoms with Crippen molar-refractivity contribution in [3.63, 3.8) is 0 Å². The van der Waals surface area contributed by atoms with Crippen LogP contribution in [0.4, 0.5) is 16.2 Å². The molecule has 7 nitrogen and oxygen atoms in total. The van der Waals surface area contributed by atoms with Gasteiger partial charge in [0.1, 0.15) is 11.2 Å². The lowest BCUT2D eigenvalue weighted by Gasteiger charge is -2.13. The maximum absolute atomic E-state index is 13.5. The Morgan fingerprint density at radius 1 is 0.794 bits per heavy atom. The van der Waals surface area contributed by atoms with Crippen molar-refractivity contribution < 1.29 is 4.79 Å². The molecule has 0 unspecified atom stereocenters. The van der Waals surface area contributed by atoms with Gasteiger partial charge in [-0.1, -0.05) is 54.6 Å². The Balaban J connectivity index is 1.52. The van der Waals surface area contributed by atoms with Gasteiger partial charge in [0.25, 0.3) is 5.56 Å². The Morgan fingerprint density at radius 3 is 2.29 bits per heavy atom. The van der Waals surface area contributed by atoms with E-state index in [1.807, 2.05) is 60.7 Å². The molecule has 3 aromatic carbocycles. The minimum atomic E-state index is -0.377. The van der Waals surface area contributed by atoms with Crippen LogP contribution in [0.3, 0.4) is 0 Å². The minimum absolute atomic E-state index is 0.249. The number of nitrogens with zero attached hydrogens (tertiary/aromatic N) is 3. The first-order valence-corrected chi connectivity index (χ1v) is 10.8. The third-order valence-corrected chi connectivity index (χ3v) is 5.29. The maximum atomic E-state index is 13.5. The molecule has 166 valence electrons. The second kappa shape index (κ2) is 9.38. The highest BCUT2D eigenvalue weighted by Crippen LogP contribution is 2.19. The number of urea groups is 1. The van der Waals surface area contributed by atoms with E-state index in [-0.39, 0.29) is 11.6 Å². The minimum Gasteiger partial charge on any atom is -0.308 e. The van der Waals surface area contributed by atoms with Gasteiger partial charge in [-0.15, -0.1) is 0 Å². The van der Waals surface area contributed by atoms with Crippen molar-refractivity contribution in [1.29, 1.82) is 0 Å². The highest BCUT2D eigenvalue weighted by Gasteiger charge is 2.15. The van der Waals surface area contributed by atoms with E-state index in [1.54, 1.807) is 47.2 Å². The summed E-state index contributed by atoms with van der Waals surface area (Å²) in [6.45, 7) is 0. The number of amides is 2. The first kappa shape index (κ1) is 21.1. The Bertz CT molecular complexity index is 1520. The van der Waals surface area contributed by atoms with Crippen LogP contribution in [0.2, 0.25) is 0 Å². The number of nitrogens with one attached hydrogen (secondary N) is 2. The lowest BCUT2D eigenvalue weighted by Crippen LogP contribution is -2.25. The molecule has 0 bridgehead atoms. The summed E-state index contributed by atoms with van der Waals surface area (Å²) in [4.78, 5) is 35.0. The van der Waals surface area contributed by atoms with Crippen molar-refractivity contribution in [2.24, 2.45) is 0 Å². The van der Waals surface area contributed by atoms with Gasteiger partial charge in [-0.05, 0) is 48.0 Å².